The minimum Gasteiger partial charge on any atom is -0.456 e. The van der Waals surface area contributed by atoms with Gasteiger partial charge in [0.05, 0.1) is 16.9 Å². The van der Waals surface area contributed by atoms with Crippen LogP contribution in [0.5, 0.6) is 5.75 Å². The minimum atomic E-state index is -2.31. The number of amides is 2. The summed E-state index contributed by atoms with van der Waals surface area (Å²) >= 11 is 7.48. The third-order valence-electron chi connectivity index (χ3n) is 8.15. The molecular formula is C33H42ClN3O9SSi. The van der Waals surface area contributed by atoms with Crippen molar-refractivity contribution in [3.8, 4) is 5.75 Å². The fourth-order valence-electron chi connectivity index (χ4n) is 4.21. The molecule has 0 spiro atoms. The summed E-state index contributed by atoms with van der Waals surface area (Å²) < 4.78 is 18.1. The summed E-state index contributed by atoms with van der Waals surface area (Å²) in [6.07, 6.45) is -0.593. The molecule has 2 N–H and O–H groups in total. The number of primary amides is 1. The van der Waals surface area contributed by atoms with Gasteiger partial charge in [0.1, 0.15) is 17.9 Å². The van der Waals surface area contributed by atoms with E-state index < -0.39 is 64.8 Å². The molecule has 0 aliphatic carbocycles. The number of alkyl halides is 1. The molecular weight excluding hydrogens is 678 g/mol. The highest BCUT2D eigenvalue weighted by Crippen LogP contribution is 2.44. The summed E-state index contributed by atoms with van der Waals surface area (Å²) in [6, 6.07) is 11.1. The predicted octanol–water partition coefficient (Wildman–Crippen LogP) is 6.72. The van der Waals surface area contributed by atoms with Gasteiger partial charge in [0, 0.05) is 23.1 Å². The number of benzene rings is 2. The highest BCUT2D eigenvalue weighted by molar-refractivity contribution is 8.16. The van der Waals surface area contributed by atoms with Crippen LogP contribution in [0.2, 0.25) is 18.1 Å². The second-order valence-electron chi connectivity index (χ2n) is 14.0. The van der Waals surface area contributed by atoms with E-state index in [1.807, 2.05) is 0 Å². The van der Waals surface area contributed by atoms with Crippen molar-refractivity contribution in [1.29, 1.82) is 0 Å². The molecule has 48 heavy (non-hydrogen) atoms. The molecule has 2 aromatic rings. The van der Waals surface area contributed by atoms with Gasteiger partial charge in [-0.3, -0.25) is 29.4 Å². The van der Waals surface area contributed by atoms with Crippen LogP contribution in [0.3, 0.4) is 0 Å². The number of likely N-dealkylation sites (tertiary alicyclic amines) is 1. The Morgan fingerprint density at radius 3 is 2.06 bits per heavy atom. The van der Waals surface area contributed by atoms with Gasteiger partial charge in [-0.05, 0) is 78.8 Å². The molecule has 2 aromatic carbocycles. The van der Waals surface area contributed by atoms with E-state index in [1.54, 1.807) is 27.7 Å². The van der Waals surface area contributed by atoms with Crippen LogP contribution < -0.4 is 10.5 Å². The zero-order chi connectivity index (χ0) is 36.4. The molecule has 3 rings (SSSR count). The monoisotopic (exact) mass is 719 g/mol. The van der Waals surface area contributed by atoms with E-state index in [1.165, 1.54) is 48.5 Å². The Labute approximate surface area is 290 Å². The summed E-state index contributed by atoms with van der Waals surface area (Å²) in [7, 11) is -2.31. The Morgan fingerprint density at radius 2 is 1.60 bits per heavy atom. The largest absolute Gasteiger partial charge is 0.456 e. The van der Waals surface area contributed by atoms with Crippen molar-refractivity contribution in [3.05, 3.63) is 80.6 Å². The van der Waals surface area contributed by atoms with E-state index in [0.29, 0.717) is 17.3 Å². The average molecular weight is 720 g/mol. The predicted molar refractivity (Wildman–Crippen MR) is 185 cm³/mol. The topological polar surface area (TPSA) is 168 Å². The Balaban J connectivity index is 2.08. The zero-order valence-corrected chi connectivity index (χ0v) is 31.1. The lowest BCUT2D eigenvalue weighted by molar-refractivity contribution is -0.384. The number of halogens is 1. The molecule has 0 saturated carbocycles. The van der Waals surface area contributed by atoms with Crippen LogP contribution in [0.1, 0.15) is 64.4 Å². The summed E-state index contributed by atoms with van der Waals surface area (Å²) in [5, 5.41) is 10.3. The Bertz CT molecular complexity index is 1600. The number of esters is 1. The summed E-state index contributed by atoms with van der Waals surface area (Å²) in [4.78, 5) is 64.4. The lowest BCUT2D eigenvalue weighted by atomic mass is 9.92. The maximum Gasteiger partial charge on any atom is 0.359 e. The number of nitrogens with zero attached hydrogens (tertiary/aromatic N) is 2. The first-order valence-corrected chi connectivity index (χ1v) is 19.3. The molecule has 1 heterocycles. The van der Waals surface area contributed by atoms with Crippen molar-refractivity contribution in [3.63, 3.8) is 0 Å². The molecule has 1 saturated heterocycles. The fourth-order valence-corrected chi connectivity index (χ4v) is 7.04. The van der Waals surface area contributed by atoms with Gasteiger partial charge in [0.2, 0.25) is 16.9 Å². The first-order valence-electron chi connectivity index (χ1n) is 15.1. The van der Waals surface area contributed by atoms with E-state index in [2.05, 4.69) is 33.9 Å². The smallest absolute Gasteiger partial charge is 0.359 e. The van der Waals surface area contributed by atoms with Gasteiger partial charge in [-0.15, -0.1) is 0 Å². The maximum atomic E-state index is 13.9. The van der Waals surface area contributed by atoms with E-state index in [0.717, 1.165) is 4.90 Å². The normalized spacial score (nSPS) is 18.0. The first-order chi connectivity index (χ1) is 22.0. The van der Waals surface area contributed by atoms with Gasteiger partial charge in [0.25, 0.3) is 5.69 Å². The van der Waals surface area contributed by atoms with Gasteiger partial charge < -0.3 is 19.6 Å². The quantitative estimate of drug-likeness (QED) is 0.0286. The van der Waals surface area contributed by atoms with Crippen LogP contribution in [0.25, 0.3) is 0 Å². The molecule has 12 nitrogen and oxygen atoms in total. The number of carbonyl (C=O) groups is 4. The van der Waals surface area contributed by atoms with Crippen LogP contribution in [0, 0.1) is 21.4 Å². The molecule has 1 aliphatic rings. The standard InChI is InChI=1S/C33H42ClN3O9SSi/c1-19(46-48(8,9)33(5,6)7)24-26(34)36(28(24)39)25(29(40)44-18-20-10-14-22(15-11-20)37(42)43)30(47-31(41)32(2,3)4)45-23-16-12-21(13-17-23)27(35)38/h10-17,19,24,26H,18H2,1-9H3,(H2,35,38)/t19-,24-,26+/m1/s1. The highest BCUT2D eigenvalue weighted by atomic mass is 35.5. The minimum absolute atomic E-state index is 0.134. The first kappa shape index (κ1) is 38.7. The highest BCUT2D eigenvalue weighted by Gasteiger charge is 2.55. The van der Waals surface area contributed by atoms with Crippen molar-refractivity contribution in [1.82, 2.24) is 4.90 Å². The van der Waals surface area contributed by atoms with Crippen molar-refractivity contribution < 1.29 is 38.0 Å². The summed E-state index contributed by atoms with van der Waals surface area (Å²) in [5.41, 5.74) is 3.49. The third kappa shape index (κ3) is 9.04. The van der Waals surface area contributed by atoms with Gasteiger partial charge >= 0.3 is 5.97 Å². The molecule has 0 bridgehead atoms. The molecule has 1 fully saturated rings. The number of nitro groups is 1. The second kappa shape index (κ2) is 14.8. The lowest BCUT2D eigenvalue weighted by Crippen LogP contribution is -2.64. The number of carbonyl (C=O) groups excluding carboxylic acids is 4. The third-order valence-corrected chi connectivity index (χ3v) is 14.4. The van der Waals surface area contributed by atoms with Crippen molar-refractivity contribution in [2.75, 3.05) is 0 Å². The lowest BCUT2D eigenvalue weighted by Gasteiger charge is -2.48. The number of β-lactam (4-membered cyclic amide) rings is 1. The molecule has 2 amide bonds. The number of thioether (sulfide) groups is 1. The Morgan fingerprint density at radius 1 is 1.04 bits per heavy atom. The van der Waals surface area contributed by atoms with E-state index in [9.17, 15) is 29.3 Å². The summed E-state index contributed by atoms with van der Waals surface area (Å²) in [5.74, 6) is -2.91. The SMILES string of the molecule is C[C@@H](O[Si](C)(C)C(C)(C)C)[C@H]1C(=O)N(C(C(=O)OCc2ccc([N+](=O)[O-])cc2)=C(Oc2ccc(C(N)=O)cc2)SC(=O)C(C)(C)C)[C@@H]1Cl. The van der Waals surface area contributed by atoms with Crippen molar-refractivity contribution >= 4 is 60.3 Å². The number of non-ortho nitro benzene ring substituents is 1. The van der Waals surface area contributed by atoms with E-state index in [4.69, 9.17) is 31.2 Å². The fraction of sp³-hybridized carbons (Fsp3) is 0.455. The Hall–Kier alpha value is -3.72. The van der Waals surface area contributed by atoms with E-state index in [-0.39, 0.29) is 33.7 Å². The molecule has 3 atom stereocenters. The van der Waals surface area contributed by atoms with Gasteiger partial charge in [-0.25, -0.2) is 4.79 Å². The van der Waals surface area contributed by atoms with Crippen LogP contribution in [0.15, 0.2) is 59.3 Å². The van der Waals surface area contributed by atoms with Crippen molar-refractivity contribution in [2.45, 2.75) is 84.8 Å². The van der Waals surface area contributed by atoms with Gasteiger partial charge in [-0.1, -0.05) is 53.1 Å². The zero-order valence-electron chi connectivity index (χ0n) is 28.5. The Kier molecular flexibility index (Phi) is 11.9. The molecule has 0 radical (unpaired) electrons. The van der Waals surface area contributed by atoms with Crippen LogP contribution in [0.4, 0.5) is 5.69 Å². The van der Waals surface area contributed by atoms with Crippen LogP contribution in [-0.2, 0) is 30.2 Å². The number of hydrogen-bond donors (Lipinski definition) is 1. The molecule has 0 unspecified atom stereocenters. The van der Waals surface area contributed by atoms with Gasteiger partial charge in [-0.2, -0.15) is 0 Å². The number of hydrogen-bond acceptors (Lipinski definition) is 10. The molecule has 0 aromatic heterocycles. The maximum absolute atomic E-state index is 13.9. The number of nitro benzene ring substituents is 1. The van der Waals surface area contributed by atoms with E-state index >= 15 is 0 Å². The van der Waals surface area contributed by atoms with Crippen LogP contribution in [-0.4, -0.2) is 52.6 Å². The van der Waals surface area contributed by atoms with Gasteiger partial charge in [0.15, 0.2) is 19.1 Å². The van der Waals surface area contributed by atoms with Crippen LogP contribution >= 0.6 is 23.4 Å². The number of ether oxygens (including phenoxy) is 2. The molecule has 15 heteroatoms. The number of nitrogens with two attached hydrogens (primary N) is 1. The second-order valence-corrected chi connectivity index (χ2v) is 20.1. The molecule has 260 valence electrons. The average Bonchev–Trinajstić information content (AvgIpc) is 2.97. The van der Waals surface area contributed by atoms with Crippen molar-refractivity contribution in [2.24, 2.45) is 17.1 Å². The summed E-state index contributed by atoms with van der Waals surface area (Å²) in [6.45, 7) is 16.8. The number of rotatable bonds is 12. The molecule has 1 aliphatic heterocycles.